The normalized spacial score (nSPS) is 16.8. The number of alkyl halides is 3. The second-order valence-corrected chi connectivity index (χ2v) is 4.90. The third kappa shape index (κ3) is 1.99. The third-order valence-electron chi connectivity index (χ3n) is 3.59. The van der Waals surface area contributed by atoms with Gasteiger partial charge in [-0.15, -0.1) is 5.10 Å². The van der Waals surface area contributed by atoms with E-state index in [9.17, 15) is 13.2 Å². The molecule has 0 bridgehead atoms. The zero-order chi connectivity index (χ0) is 15.3. The first kappa shape index (κ1) is 13.7. The molecule has 1 aliphatic rings. The molecule has 1 heterocycles. The van der Waals surface area contributed by atoms with Gasteiger partial charge in [-0.1, -0.05) is 0 Å². The van der Waals surface area contributed by atoms with Gasteiger partial charge in [-0.3, -0.25) is 0 Å². The summed E-state index contributed by atoms with van der Waals surface area (Å²) in [5, 5.41) is 10.6. The highest BCUT2D eigenvalue weighted by Gasteiger charge is 2.67. The maximum Gasteiger partial charge on any atom is 0.413 e. The lowest BCUT2D eigenvalue weighted by atomic mass is 10.1. The summed E-state index contributed by atoms with van der Waals surface area (Å²) in [4.78, 5) is 0. The summed E-state index contributed by atoms with van der Waals surface area (Å²) in [7, 11) is 1.42. The molecular weight excluding hydrogens is 287 g/mol. The van der Waals surface area contributed by atoms with Crippen LogP contribution in [0, 0.1) is 0 Å². The number of nitrogens with zero attached hydrogens (tertiary/aromatic N) is 4. The van der Waals surface area contributed by atoms with Crippen molar-refractivity contribution < 1.29 is 17.9 Å². The van der Waals surface area contributed by atoms with Crippen molar-refractivity contribution in [2.45, 2.75) is 24.6 Å². The van der Waals surface area contributed by atoms with Gasteiger partial charge >= 0.3 is 6.18 Å². The lowest BCUT2D eigenvalue weighted by molar-refractivity contribution is -0.182. The van der Waals surface area contributed by atoms with Crippen LogP contribution in [0.2, 0.25) is 0 Å². The third-order valence-corrected chi connectivity index (χ3v) is 3.59. The number of hydrogen-bond donors (Lipinski definition) is 1. The summed E-state index contributed by atoms with van der Waals surface area (Å²) in [6.07, 6.45) is -4.50. The lowest BCUT2D eigenvalue weighted by Crippen LogP contribution is -2.36. The molecule has 1 aromatic heterocycles. The van der Waals surface area contributed by atoms with E-state index in [1.165, 1.54) is 13.2 Å². The molecule has 9 heteroatoms. The first-order valence-electron chi connectivity index (χ1n) is 6.18. The SMILES string of the molecule is COc1ccc(N)cc1-c1nnnn1C1(C(F)(F)F)CC1. The van der Waals surface area contributed by atoms with Gasteiger partial charge in [0.25, 0.3) is 0 Å². The Hall–Kier alpha value is -2.32. The van der Waals surface area contributed by atoms with Crippen LogP contribution in [0.25, 0.3) is 11.4 Å². The van der Waals surface area contributed by atoms with Crippen LogP contribution in [0.3, 0.4) is 0 Å². The lowest BCUT2D eigenvalue weighted by Gasteiger charge is -2.20. The molecule has 0 radical (unpaired) electrons. The number of rotatable bonds is 3. The molecule has 6 nitrogen and oxygen atoms in total. The topological polar surface area (TPSA) is 78.8 Å². The molecule has 0 saturated heterocycles. The molecule has 0 spiro atoms. The van der Waals surface area contributed by atoms with Gasteiger partial charge in [-0.2, -0.15) is 13.2 Å². The number of nitrogen functional groups attached to an aromatic ring is 1. The Morgan fingerprint density at radius 1 is 1.33 bits per heavy atom. The quantitative estimate of drug-likeness (QED) is 0.877. The minimum Gasteiger partial charge on any atom is -0.496 e. The van der Waals surface area contributed by atoms with Gasteiger partial charge in [0.1, 0.15) is 5.75 Å². The van der Waals surface area contributed by atoms with Gasteiger partial charge in [-0.05, 0) is 41.5 Å². The molecule has 3 rings (SSSR count). The Kier molecular flexibility index (Phi) is 2.82. The Morgan fingerprint density at radius 3 is 2.62 bits per heavy atom. The van der Waals surface area contributed by atoms with Crippen molar-refractivity contribution in [2.24, 2.45) is 0 Å². The molecule has 21 heavy (non-hydrogen) atoms. The standard InChI is InChI=1S/C12H12F3N5O/c1-21-9-3-2-7(16)6-8(9)10-17-18-19-20(10)11(4-5-11)12(13,14)15/h2-3,6H,4-5,16H2,1H3. The molecule has 2 N–H and O–H groups in total. The Balaban J connectivity index is 2.15. The van der Waals surface area contributed by atoms with Crippen LogP contribution in [0.1, 0.15) is 12.8 Å². The van der Waals surface area contributed by atoms with Crippen molar-refractivity contribution in [3.63, 3.8) is 0 Å². The zero-order valence-corrected chi connectivity index (χ0v) is 11.1. The van der Waals surface area contributed by atoms with Crippen molar-refractivity contribution in [1.82, 2.24) is 20.2 Å². The maximum atomic E-state index is 13.2. The van der Waals surface area contributed by atoms with Gasteiger partial charge in [0.15, 0.2) is 11.4 Å². The smallest absolute Gasteiger partial charge is 0.413 e. The van der Waals surface area contributed by atoms with E-state index in [-0.39, 0.29) is 18.7 Å². The summed E-state index contributed by atoms with van der Waals surface area (Å²) >= 11 is 0. The number of anilines is 1. The molecule has 112 valence electrons. The van der Waals surface area contributed by atoms with E-state index in [1.807, 2.05) is 0 Å². The fourth-order valence-electron chi connectivity index (χ4n) is 2.28. The number of hydrogen-bond acceptors (Lipinski definition) is 5. The number of nitrogens with two attached hydrogens (primary N) is 1. The van der Waals surface area contributed by atoms with Gasteiger partial charge in [0, 0.05) is 5.69 Å². The van der Waals surface area contributed by atoms with E-state index >= 15 is 0 Å². The van der Waals surface area contributed by atoms with E-state index < -0.39 is 11.7 Å². The minimum atomic E-state index is -4.41. The average molecular weight is 299 g/mol. The number of tetrazole rings is 1. The Bertz CT molecular complexity index is 678. The first-order valence-corrected chi connectivity index (χ1v) is 6.18. The number of benzene rings is 1. The second kappa shape index (κ2) is 4.34. The van der Waals surface area contributed by atoms with Crippen LogP contribution < -0.4 is 10.5 Å². The number of ether oxygens (including phenoxy) is 1. The van der Waals surface area contributed by atoms with E-state index in [0.29, 0.717) is 17.0 Å². The average Bonchev–Trinajstić information content (AvgIpc) is 3.10. The molecule has 0 atom stereocenters. The molecule has 1 aliphatic carbocycles. The highest BCUT2D eigenvalue weighted by Crippen LogP contribution is 2.56. The molecule has 0 aliphatic heterocycles. The van der Waals surface area contributed by atoms with Crippen molar-refractivity contribution in [3.8, 4) is 17.1 Å². The minimum absolute atomic E-state index is 0.00558. The maximum absolute atomic E-state index is 13.2. The van der Waals surface area contributed by atoms with Crippen LogP contribution in [0.15, 0.2) is 18.2 Å². The van der Waals surface area contributed by atoms with Crippen LogP contribution in [0.4, 0.5) is 18.9 Å². The summed E-state index contributed by atoms with van der Waals surface area (Å²) in [6, 6.07) is 4.65. The van der Waals surface area contributed by atoms with E-state index in [4.69, 9.17) is 10.5 Å². The highest BCUT2D eigenvalue weighted by atomic mass is 19.4. The van der Waals surface area contributed by atoms with Crippen molar-refractivity contribution in [2.75, 3.05) is 12.8 Å². The summed E-state index contributed by atoms with van der Waals surface area (Å²) in [5.74, 6) is 0.354. The molecule has 1 saturated carbocycles. The predicted molar refractivity (Wildman–Crippen MR) is 67.5 cm³/mol. The molecule has 2 aromatic rings. The van der Waals surface area contributed by atoms with Gasteiger partial charge in [-0.25, -0.2) is 4.68 Å². The zero-order valence-electron chi connectivity index (χ0n) is 11.1. The van der Waals surface area contributed by atoms with Crippen LogP contribution in [0.5, 0.6) is 5.75 Å². The Labute approximate surface area is 117 Å². The fourth-order valence-corrected chi connectivity index (χ4v) is 2.28. The Morgan fingerprint density at radius 2 is 2.05 bits per heavy atom. The van der Waals surface area contributed by atoms with Crippen LogP contribution >= 0.6 is 0 Å². The van der Waals surface area contributed by atoms with Crippen molar-refractivity contribution >= 4 is 5.69 Å². The van der Waals surface area contributed by atoms with Gasteiger partial charge in [0.2, 0.25) is 0 Å². The van der Waals surface area contributed by atoms with Crippen molar-refractivity contribution in [3.05, 3.63) is 18.2 Å². The molecule has 1 fully saturated rings. The first-order chi connectivity index (χ1) is 9.89. The fraction of sp³-hybridized carbons (Fsp3) is 0.417. The molecule has 1 aromatic carbocycles. The van der Waals surface area contributed by atoms with E-state index in [0.717, 1.165) is 4.68 Å². The molecule has 0 amide bonds. The molecular formula is C12H12F3N5O. The van der Waals surface area contributed by atoms with Gasteiger partial charge < -0.3 is 10.5 Å². The second-order valence-electron chi connectivity index (χ2n) is 4.90. The highest BCUT2D eigenvalue weighted by molar-refractivity contribution is 5.69. The van der Waals surface area contributed by atoms with E-state index in [2.05, 4.69) is 15.5 Å². The summed E-state index contributed by atoms with van der Waals surface area (Å²) in [5.41, 5.74) is 4.38. The monoisotopic (exact) mass is 299 g/mol. The summed E-state index contributed by atoms with van der Waals surface area (Å²) in [6.45, 7) is 0. The van der Waals surface area contributed by atoms with Crippen LogP contribution in [-0.2, 0) is 5.54 Å². The number of methoxy groups -OCH3 is 1. The van der Waals surface area contributed by atoms with Crippen LogP contribution in [-0.4, -0.2) is 33.5 Å². The number of aromatic nitrogens is 4. The number of halogens is 3. The van der Waals surface area contributed by atoms with Crippen molar-refractivity contribution in [1.29, 1.82) is 0 Å². The van der Waals surface area contributed by atoms with E-state index in [1.54, 1.807) is 12.1 Å². The predicted octanol–water partition coefficient (Wildman–Crippen LogP) is 1.98. The van der Waals surface area contributed by atoms with Gasteiger partial charge in [0.05, 0.1) is 12.7 Å². The molecule has 0 unspecified atom stereocenters. The largest absolute Gasteiger partial charge is 0.496 e. The summed E-state index contributed by atoms with van der Waals surface area (Å²) < 4.78 is 45.7.